The topological polar surface area (TPSA) is 192 Å². The zero-order chi connectivity index (χ0) is 46.2. The van der Waals surface area contributed by atoms with E-state index in [1.165, 1.54) is 180 Å². The van der Waals surface area contributed by atoms with Crippen LogP contribution in [0.25, 0.3) is 0 Å². The number of allylic oxidation sites excluding steroid dienone is 1. The van der Waals surface area contributed by atoms with E-state index in [2.05, 4.69) is 23.3 Å². The highest BCUT2D eigenvalue weighted by atomic mass is 32.3. The Hall–Kier alpha value is -1.16. The monoisotopic (exact) mass is 920 g/mol. The zero-order valence-electron chi connectivity index (χ0n) is 40.2. The summed E-state index contributed by atoms with van der Waals surface area (Å²) in [5.74, 6) is -0.258. The van der Waals surface area contributed by atoms with Gasteiger partial charge in [0.1, 0.15) is 24.4 Å². The van der Waals surface area contributed by atoms with Crippen molar-refractivity contribution in [2.75, 3.05) is 13.2 Å². The van der Waals surface area contributed by atoms with Crippen LogP contribution in [0, 0.1) is 0 Å². The van der Waals surface area contributed by atoms with E-state index in [0.717, 1.165) is 38.5 Å². The van der Waals surface area contributed by atoms with Crippen molar-refractivity contribution in [3.05, 3.63) is 12.2 Å². The first-order valence-electron chi connectivity index (χ1n) is 26.1. The highest BCUT2D eigenvalue weighted by Gasteiger charge is 2.48. The molecular weight excluding hydrogens is 823 g/mol. The minimum atomic E-state index is -5.08. The van der Waals surface area contributed by atoms with Gasteiger partial charge >= 0.3 is 10.4 Å². The lowest BCUT2D eigenvalue weighted by Gasteiger charge is -2.41. The molecule has 1 rings (SSSR count). The number of aliphatic hydroxyl groups excluding tert-OH is 4. The van der Waals surface area contributed by atoms with Crippen LogP contribution in [0.1, 0.15) is 245 Å². The van der Waals surface area contributed by atoms with Crippen LogP contribution >= 0.6 is 0 Å². The fourth-order valence-corrected chi connectivity index (χ4v) is 9.02. The second-order valence-electron chi connectivity index (χ2n) is 18.5. The molecule has 0 bridgehead atoms. The molecule has 0 aromatic rings. The second kappa shape index (κ2) is 41.1. The van der Waals surface area contributed by atoms with Gasteiger partial charge in [-0.2, -0.15) is 8.42 Å². The lowest BCUT2D eigenvalue weighted by atomic mass is 9.99. The van der Waals surface area contributed by atoms with Crippen LogP contribution in [0.4, 0.5) is 0 Å². The molecule has 12 nitrogen and oxygen atoms in total. The molecule has 0 aromatic heterocycles. The summed E-state index contributed by atoms with van der Waals surface area (Å²) in [4.78, 5) is 13.1. The smallest absolute Gasteiger partial charge is 0.394 e. The maximum Gasteiger partial charge on any atom is 0.397 e. The summed E-state index contributed by atoms with van der Waals surface area (Å²) in [6, 6.07) is -0.939. The largest absolute Gasteiger partial charge is 0.397 e. The van der Waals surface area contributed by atoms with E-state index in [-0.39, 0.29) is 18.9 Å². The van der Waals surface area contributed by atoms with Gasteiger partial charge in [0.05, 0.1) is 25.4 Å². The third-order valence-electron chi connectivity index (χ3n) is 12.6. The van der Waals surface area contributed by atoms with Gasteiger partial charge in [-0.15, -0.1) is 0 Å². The fourth-order valence-electron chi connectivity index (χ4n) is 8.52. The van der Waals surface area contributed by atoms with Crippen molar-refractivity contribution in [2.45, 2.75) is 288 Å². The van der Waals surface area contributed by atoms with E-state index in [1.807, 2.05) is 6.08 Å². The van der Waals surface area contributed by atoms with Crippen molar-refractivity contribution in [3.8, 4) is 0 Å². The summed E-state index contributed by atoms with van der Waals surface area (Å²) < 4.78 is 47.7. The van der Waals surface area contributed by atoms with Gasteiger partial charge in [0.15, 0.2) is 6.29 Å². The van der Waals surface area contributed by atoms with Crippen molar-refractivity contribution in [2.24, 2.45) is 0 Å². The van der Waals surface area contributed by atoms with E-state index in [0.29, 0.717) is 6.42 Å². The van der Waals surface area contributed by atoms with Crippen molar-refractivity contribution in [3.63, 3.8) is 0 Å². The van der Waals surface area contributed by atoms with E-state index < -0.39 is 59.9 Å². The number of aliphatic hydroxyl groups is 4. The van der Waals surface area contributed by atoms with Crippen LogP contribution in [-0.2, 0) is 28.9 Å². The Labute approximate surface area is 385 Å². The van der Waals surface area contributed by atoms with Gasteiger partial charge in [0, 0.05) is 6.42 Å². The minimum Gasteiger partial charge on any atom is -0.394 e. The maximum absolute atomic E-state index is 13.1. The number of rotatable bonds is 45. The number of amides is 1. The van der Waals surface area contributed by atoms with Crippen molar-refractivity contribution in [1.82, 2.24) is 5.32 Å². The van der Waals surface area contributed by atoms with Gasteiger partial charge in [-0.3, -0.25) is 9.35 Å². The predicted molar refractivity (Wildman–Crippen MR) is 255 cm³/mol. The second-order valence-corrected chi connectivity index (χ2v) is 19.5. The van der Waals surface area contributed by atoms with E-state index >= 15 is 0 Å². The van der Waals surface area contributed by atoms with E-state index in [1.54, 1.807) is 6.08 Å². The molecule has 0 saturated carbocycles. The molecular formula is C50H97NO11S. The number of carbonyl (C=O) groups is 1. The van der Waals surface area contributed by atoms with Gasteiger partial charge < -0.3 is 35.2 Å². The lowest BCUT2D eigenvalue weighted by molar-refractivity contribution is -0.298. The van der Waals surface area contributed by atoms with E-state index in [4.69, 9.17) is 9.47 Å². The van der Waals surface area contributed by atoms with Crippen LogP contribution < -0.4 is 5.32 Å². The Bertz CT molecular complexity index is 1180. The van der Waals surface area contributed by atoms with Crippen LogP contribution in [0.3, 0.4) is 0 Å². The Kier molecular flexibility index (Phi) is 39.0. The van der Waals surface area contributed by atoms with Gasteiger partial charge in [0.25, 0.3) is 0 Å². The fraction of sp³-hybridized carbons (Fsp3) is 0.940. The van der Waals surface area contributed by atoms with E-state index in [9.17, 15) is 38.2 Å². The van der Waals surface area contributed by atoms with Crippen molar-refractivity contribution < 1.29 is 51.8 Å². The Morgan fingerprint density at radius 1 is 0.619 bits per heavy atom. The molecule has 7 unspecified atom stereocenters. The summed E-state index contributed by atoms with van der Waals surface area (Å²) in [6.07, 6.45) is 38.2. The van der Waals surface area contributed by atoms with Crippen molar-refractivity contribution in [1.29, 1.82) is 0 Å². The molecule has 374 valence electrons. The Balaban J connectivity index is 2.44. The molecule has 0 aromatic carbocycles. The zero-order valence-corrected chi connectivity index (χ0v) is 41.0. The maximum atomic E-state index is 13.1. The Morgan fingerprint density at radius 3 is 1.38 bits per heavy atom. The van der Waals surface area contributed by atoms with Gasteiger partial charge in [-0.05, 0) is 19.3 Å². The lowest BCUT2D eigenvalue weighted by Crippen LogP contribution is -2.61. The molecule has 0 aliphatic carbocycles. The predicted octanol–water partition coefficient (Wildman–Crippen LogP) is 11.1. The standard InChI is InChI=1S/C50H97NO11S/c1-3-5-7-9-11-13-15-17-19-21-22-24-26-28-30-32-34-36-38-40-46(54)51-43(42-60-50-48(56)49(62-63(57,58)59)47(55)45(41-52)61-50)44(53)39-37-35-33-31-29-27-25-23-20-18-16-14-12-10-8-6-4-2/h37,39,43-45,47-50,52-53,55-56H,3-36,38,40-42H2,1-2H3,(H,51,54)(H,57,58,59)/b39-37+. The number of unbranched alkanes of at least 4 members (excludes halogenated alkanes) is 33. The number of hydrogen-bond donors (Lipinski definition) is 6. The van der Waals surface area contributed by atoms with Crippen LogP contribution in [0.5, 0.6) is 0 Å². The van der Waals surface area contributed by atoms with Crippen molar-refractivity contribution >= 4 is 16.3 Å². The highest BCUT2D eigenvalue weighted by molar-refractivity contribution is 7.80. The molecule has 1 fully saturated rings. The molecule has 1 amide bonds. The van der Waals surface area contributed by atoms with Crippen LogP contribution in [-0.4, -0.2) is 95.4 Å². The molecule has 13 heteroatoms. The number of carbonyl (C=O) groups excluding carboxylic acids is 1. The average Bonchev–Trinajstić information content (AvgIpc) is 3.25. The summed E-state index contributed by atoms with van der Waals surface area (Å²) in [7, 11) is -5.08. The average molecular weight is 920 g/mol. The summed E-state index contributed by atoms with van der Waals surface area (Å²) in [5.41, 5.74) is 0. The molecule has 0 radical (unpaired) electrons. The first-order valence-corrected chi connectivity index (χ1v) is 27.4. The third kappa shape index (κ3) is 33.9. The third-order valence-corrected chi connectivity index (χ3v) is 13.0. The summed E-state index contributed by atoms with van der Waals surface area (Å²) in [5, 5.41) is 44.8. The minimum absolute atomic E-state index is 0.258. The van der Waals surface area contributed by atoms with Crippen LogP contribution in [0.2, 0.25) is 0 Å². The highest BCUT2D eigenvalue weighted by Crippen LogP contribution is 2.26. The molecule has 1 heterocycles. The molecule has 63 heavy (non-hydrogen) atoms. The summed E-state index contributed by atoms with van der Waals surface area (Å²) >= 11 is 0. The molecule has 0 spiro atoms. The van der Waals surface area contributed by atoms with Crippen LogP contribution in [0.15, 0.2) is 12.2 Å². The quantitative estimate of drug-likeness (QED) is 0.0193. The first kappa shape index (κ1) is 59.9. The SMILES string of the molecule is CCCCCCCCCCCCCCCCC/C=C/C(O)C(COC1OC(CO)C(O)C(OS(=O)(=O)O)C1O)NC(=O)CCCCCCCCCCCCCCCCCCCCC. The van der Waals surface area contributed by atoms with Gasteiger partial charge in [-0.1, -0.05) is 231 Å². The molecule has 6 N–H and O–H groups in total. The molecule has 1 aliphatic heterocycles. The molecule has 1 aliphatic rings. The molecule has 7 atom stereocenters. The van der Waals surface area contributed by atoms with Gasteiger partial charge in [-0.25, -0.2) is 4.18 Å². The molecule has 1 saturated heterocycles. The number of ether oxygens (including phenoxy) is 2. The normalized spacial score (nSPS) is 20.4. The summed E-state index contributed by atoms with van der Waals surface area (Å²) in [6.45, 7) is 3.42. The first-order chi connectivity index (χ1) is 30.5. The number of nitrogens with one attached hydrogen (secondary N) is 1. The van der Waals surface area contributed by atoms with Gasteiger partial charge in [0.2, 0.25) is 5.91 Å². The Morgan fingerprint density at radius 2 is 1.00 bits per heavy atom. The number of hydrogen-bond acceptors (Lipinski definition) is 10.